The number of amides is 1. The van der Waals surface area contributed by atoms with Gasteiger partial charge in [0.05, 0.1) is 23.6 Å². The smallest absolute Gasteiger partial charge is 0.258 e. The highest BCUT2D eigenvalue weighted by atomic mass is 79.9. The third kappa shape index (κ3) is 2.26. The molecule has 0 unspecified atom stereocenters. The number of carbonyl (C=O) groups is 1. The standard InChI is InChI=1S/C15H15BrN2O2/c1-18(15(19)11-7-9-20-14(11)16)12-6-2-4-10-5-3-8-17-13(10)12/h3,5,7-9,12H,2,4,6H2,1H3/t12-/m0/s1. The number of aromatic nitrogens is 1. The molecule has 0 saturated heterocycles. The highest BCUT2D eigenvalue weighted by Gasteiger charge is 2.29. The van der Waals surface area contributed by atoms with E-state index in [0.29, 0.717) is 10.2 Å². The summed E-state index contributed by atoms with van der Waals surface area (Å²) in [6.45, 7) is 0. The van der Waals surface area contributed by atoms with Gasteiger partial charge in [0.15, 0.2) is 4.67 Å². The fourth-order valence-electron chi connectivity index (χ4n) is 2.74. The van der Waals surface area contributed by atoms with Crippen LogP contribution in [0.5, 0.6) is 0 Å². The topological polar surface area (TPSA) is 46.3 Å². The van der Waals surface area contributed by atoms with E-state index in [9.17, 15) is 4.79 Å². The van der Waals surface area contributed by atoms with Crippen molar-refractivity contribution in [3.63, 3.8) is 0 Å². The van der Waals surface area contributed by atoms with Gasteiger partial charge in [0.2, 0.25) is 0 Å². The number of hydrogen-bond donors (Lipinski definition) is 0. The van der Waals surface area contributed by atoms with Gasteiger partial charge in [-0.2, -0.15) is 0 Å². The first-order valence-electron chi connectivity index (χ1n) is 6.62. The third-order valence-electron chi connectivity index (χ3n) is 3.80. The van der Waals surface area contributed by atoms with Crippen LogP contribution in [0.25, 0.3) is 0 Å². The van der Waals surface area contributed by atoms with Crippen LogP contribution >= 0.6 is 15.9 Å². The summed E-state index contributed by atoms with van der Waals surface area (Å²) in [5, 5.41) is 0. The predicted octanol–water partition coefficient (Wildman–Crippen LogP) is 3.59. The SMILES string of the molecule is CN(C(=O)c1ccoc1Br)[C@H]1CCCc2cccnc21. The molecule has 1 atom stereocenters. The zero-order valence-electron chi connectivity index (χ0n) is 11.2. The summed E-state index contributed by atoms with van der Waals surface area (Å²) in [6, 6.07) is 5.77. The number of furan rings is 1. The van der Waals surface area contributed by atoms with Gasteiger partial charge in [-0.25, -0.2) is 0 Å². The maximum absolute atomic E-state index is 12.5. The molecule has 5 heteroatoms. The quantitative estimate of drug-likeness (QED) is 0.843. The highest BCUT2D eigenvalue weighted by molar-refractivity contribution is 9.10. The lowest BCUT2D eigenvalue weighted by atomic mass is 9.91. The molecule has 1 aliphatic carbocycles. The lowest BCUT2D eigenvalue weighted by Crippen LogP contribution is -2.33. The lowest BCUT2D eigenvalue weighted by molar-refractivity contribution is 0.0709. The summed E-state index contributed by atoms with van der Waals surface area (Å²) in [4.78, 5) is 18.8. The molecule has 0 saturated carbocycles. The van der Waals surface area contributed by atoms with Crippen molar-refractivity contribution in [3.8, 4) is 0 Å². The van der Waals surface area contributed by atoms with Crippen molar-refractivity contribution in [2.24, 2.45) is 0 Å². The van der Waals surface area contributed by atoms with Crippen molar-refractivity contribution in [2.45, 2.75) is 25.3 Å². The fraction of sp³-hybridized carbons (Fsp3) is 0.333. The van der Waals surface area contributed by atoms with Crippen LogP contribution in [0.2, 0.25) is 0 Å². The highest BCUT2D eigenvalue weighted by Crippen LogP contribution is 2.33. The normalized spacial score (nSPS) is 17.6. The van der Waals surface area contributed by atoms with Gasteiger partial charge in [-0.05, 0) is 52.9 Å². The van der Waals surface area contributed by atoms with Crippen LogP contribution in [0.15, 0.2) is 39.7 Å². The van der Waals surface area contributed by atoms with Gasteiger partial charge >= 0.3 is 0 Å². The first-order valence-corrected chi connectivity index (χ1v) is 7.41. The Bertz CT molecular complexity index is 638. The molecule has 2 heterocycles. The second-order valence-electron chi connectivity index (χ2n) is 4.98. The van der Waals surface area contributed by atoms with Crippen LogP contribution in [0.4, 0.5) is 0 Å². The first-order chi connectivity index (χ1) is 9.68. The van der Waals surface area contributed by atoms with E-state index in [-0.39, 0.29) is 11.9 Å². The average molecular weight is 335 g/mol. The molecule has 4 nitrogen and oxygen atoms in total. The Kier molecular flexibility index (Phi) is 3.61. The summed E-state index contributed by atoms with van der Waals surface area (Å²) in [5.41, 5.74) is 2.82. The number of rotatable bonds is 2. The monoisotopic (exact) mass is 334 g/mol. The molecule has 1 aliphatic rings. The van der Waals surface area contributed by atoms with E-state index in [2.05, 4.69) is 27.0 Å². The van der Waals surface area contributed by atoms with E-state index in [1.165, 1.54) is 11.8 Å². The molecule has 3 rings (SSSR count). The maximum Gasteiger partial charge on any atom is 0.258 e. The molecule has 2 aromatic heterocycles. The molecule has 0 fully saturated rings. The van der Waals surface area contributed by atoms with Gasteiger partial charge in [0.1, 0.15) is 0 Å². The number of pyridine rings is 1. The van der Waals surface area contributed by atoms with Crippen molar-refractivity contribution in [2.75, 3.05) is 7.05 Å². The Hall–Kier alpha value is -1.62. The fourth-order valence-corrected chi connectivity index (χ4v) is 3.15. The molecule has 0 radical (unpaired) electrons. The lowest BCUT2D eigenvalue weighted by Gasteiger charge is -2.32. The summed E-state index contributed by atoms with van der Waals surface area (Å²) in [6.07, 6.45) is 6.37. The minimum absolute atomic E-state index is 0.0363. The molecule has 2 aromatic rings. The Labute approximate surface area is 125 Å². The van der Waals surface area contributed by atoms with E-state index in [1.807, 2.05) is 13.1 Å². The number of hydrogen-bond acceptors (Lipinski definition) is 3. The molecular formula is C15H15BrN2O2. The van der Waals surface area contributed by atoms with Crippen molar-refractivity contribution >= 4 is 21.8 Å². The Morgan fingerprint density at radius 2 is 2.35 bits per heavy atom. The largest absolute Gasteiger partial charge is 0.457 e. The van der Waals surface area contributed by atoms with Gasteiger partial charge in [-0.15, -0.1) is 0 Å². The van der Waals surface area contributed by atoms with Crippen LogP contribution in [-0.4, -0.2) is 22.8 Å². The van der Waals surface area contributed by atoms with Gasteiger partial charge < -0.3 is 9.32 Å². The van der Waals surface area contributed by atoms with Crippen LogP contribution in [-0.2, 0) is 6.42 Å². The van der Waals surface area contributed by atoms with E-state index >= 15 is 0 Å². The molecule has 0 spiro atoms. The molecule has 104 valence electrons. The maximum atomic E-state index is 12.5. The third-order valence-corrected chi connectivity index (χ3v) is 4.42. The molecule has 0 aliphatic heterocycles. The summed E-state index contributed by atoms with van der Waals surface area (Å²) in [7, 11) is 1.83. The first kappa shape index (κ1) is 13.4. The van der Waals surface area contributed by atoms with Crippen LogP contribution in [0, 0.1) is 0 Å². The van der Waals surface area contributed by atoms with Crippen LogP contribution < -0.4 is 0 Å². The second kappa shape index (κ2) is 5.40. The second-order valence-corrected chi connectivity index (χ2v) is 5.70. The number of nitrogens with zero attached hydrogens (tertiary/aromatic N) is 2. The molecule has 20 heavy (non-hydrogen) atoms. The van der Waals surface area contributed by atoms with E-state index in [1.54, 1.807) is 17.2 Å². The van der Waals surface area contributed by atoms with Crippen molar-refractivity contribution in [3.05, 3.63) is 52.1 Å². The minimum Gasteiger partial charge on any atom is -0.457 e. The molecule has 1 amide bonds. The van der Waals surface area contributed by atoms with E-state index in [4.69, 9.17) is 4.42 Å². The van der Waals surface area contributed by atoms with Crippen LogP contribution in [0.3, 0.4) is 0 Å². The number of fused-ring (bicyclic) bond motifs is 1. The van der Waals surface area contributed by atoms with Crippen molar-refractivity contribution in [1.29, 1.82) is 0 Å². The molecule has 0 N–H and O–H groups in total. The van der Waals surface area contributed by atoms with Crippen molar-refractivity contribution < 1.29 is 9.21 Å². The van der Waals surface area contributed by atoms with E-state index in [0.717, 1.165) is 25.0 Å². The summed E-state index contributed by atoms with van der Waals surface area (Å²) < 4.78 is 5.62. The van der Waals surface area contributed by atoms with Gasteiger partial charge in [-0.3, -0.25) is 9.78 Å². The zero-order chi connectivity index (χ0) is 14.1. The average Bonchev–Trinajstić information content (AvgIpc) is 2.91. The zero-order valence-corrected chi connectivity index (χ0v) is 12.8. The Morgan fingerprint density at radius 1 is 1.50 bits per heavy atom. The van der Waals surface area contributed by atoms with Gasteiger partial charge in [0, 0.05) is 13.2 Å². The predicted molar refractivity (Wildman–Crippen MR) is 78.4 cm³/mol. The molecule has 0 aromatic carbocycles. The number of carbonyl (C=O) groups excluding carboxylic acids is 1. The summed E-state index contributed by atoms with van der Waals surface area (Å²) >= 11 is 3.26. The van der Waals surface area contributed by atoms with Crippen molar-refractivity contribution in [1.82, 2.24) is 9.88 Å². The van der Waals surface area contributed by atoms with Gasteiger partial charge in [-0.1, -0.05) is 6.07 Å². The van der Waals surface area contributed by atoms with E-state index < -0.39 is 0 Å². The molecular weight excluding hydrogens is 320 g/mol. The Morgan fingerprint density at radius 3 is 3.10 bits per heavy atom. The number of halogens is 1. The Balaban J connectivity index is 1.90. The van der Waals surface area contributed by atoms with Gasteiger partial charge in [0.25, 0.3) is 5.91 Å². The van der Waals surface area contributed by atoms with Crippen LogP contribution in [0.1, 0.15) is 40.5 Å². The molecule has 0 bridgehead atoms. The summed E-state index contributed by atoms with van der Waals surface area (Å²) in [5.74, 6) is -0.0471. The minimum atomic E-state index is -0.0471. The number of aryl methyl sites for hydroxylation is 1.